The molecule has 6 heteroatoms. The quantitative estimate of drug-likeness (QED) is 0.651. The number of aliphatic carboxylic acids is 1. The summed E-state index contributed by atoms with van der Waals surface area (Å²) in [5, 5.41) is 19.6. The van der Waals surface area contributed by atoms with Crippen LogP contribution in [0.4, 0.5) is 5.69 Å². The molecule has 21 heavy (non-hydrogen) atoms. The maximum atomic E-state index is 10.9. The van der Waals surface area contributed by atoms with Gasteiger partial charge in [0.05, 0.1) is 11.3 Å². The van der Waals surface area contributed by atoms with Gasteiger partial charge in [-0.1, -0.05) is 30.3 Å². The SMILES string of the molecule is O=C(O)Cc1cc([N+](=O)[O-])ccc1OCc1ccccc1. The van der Waals surface area contributed by atoms with Gasteiger partial charge in [0.15, 0.2) is 0 Å². The van der Waals surface area contributed by atoms with Gasteiger partial charge < -0.3 is 9.84 Å². The van der Waals surface area contributed by atoms with Crippen molar-refractivity contribution in [2.24, 2.45) is 0 Å². The van der Waals surface area contributed by atoms with Gasteiger partial charge >= 0.3 is 5.97 Å². The highest BCUT2D eigenvalue weighted by Gasteiger charge is 2.14. The van der Waals surface area contributed by atoms with E-state index in [-0.39, 0.29) is 24.3 Å². The number of carboxylic acid groups (broad SMARTS) is 1. The molecule has 0 aliphatic rings. The van der Waals surface area contributed by atoms with Gasteiger partial charge in [0.25, 0.3) is 5.69 Å². The minimum absolute atomic E-state index is 0.154. The van der Waals surface area contributed by atoms with Gasteiger partial charge in [0.2, 0.25) is 0 Å². The third-order valence-electron chi connectivity index (χ3n) is 2.83. The molecule has 0 aliphatic carbocycles. The smallest absolute Gasteiger partial charge is 0.307 e. The molecule has 0 saturated heterocycles. The van der Waals surface area contributed by atoms with Crippen LogP contribution in [0.25, 0.3) is 0 Å². The van der Waals surface area contributed by atoms with Crippen LogP contribution in [-0.2, 0) is 17.8 Å². The fourth-order valence-electron chi connectivity index (χ4n) is 1.86. The summed E-state index contributed by atoms with van der Waals surface area (Å²) in [5.74, 6) is -0.730. The van der Waals surface area contributed by atoms with Crippen molar-refractivity contribution in [3.63, 3.8) is 0 Å². The van der Waals surface area contributed by atoms with Crippen LogP contribution in [-0.4, -0.2) is 16.0 Å². The van der Waals surface area contributed by atoms with E-state index >= 15 is 0 Å². The molecular weight excluding hydrogens is 274 g/mol. The van der Waals surface area contributed by atoms with Gasteiger partial charge in [-0.2, -0.15) is 0 Å². The zero-order chi connectivity index (χ0) is 15.2. The number of non-ortho nitro benzene ring substituents is 1. The van der Waals surface area contributed by atoms with Crippen molar-refractivity contribution in [3.05, 3.63) is 69.8 Å². The highest BCUT2D eigenvalue weighted by atomic mass is 16.6. The molecular formula is C15H13NO5. The average Bonchev–Trinajstić information content (AvgIpc) is 2.46. The standard InChI is InChI=1S/C15H13NO5/c17-15(18)9-12-8-13(16(19)20)6-7-14(12)21-10-11-4-2-1-3-5-11/h1-8H,9-10H2,(H,17,18). The summed E-state index contributed by atoms with van der Waals surface area (Å²) in [6, 6.07) is 13.3. The summed E-state index contributed by atoms with van der Waals surface area (Å²) >= 11 is 0. The van der Waals surface area contributed by atoms with Crippen molar-refractivity contribution < 1.29 is 19.6 Å². The Hall–Kier alpha value is -2.89. The van der Waals surface area contributed by atoms with E-state index in [1.807, 2.05) is 30.3 Å². The number of carboxylic acids is 1. The number of hydrogen-bond acceptors (Lipinski definition) is 4. The summed E-state index contributed by atoms with van der Waals surface area (Å²) < 4.78 is 5.57. The van der Waals surface area contributed by atoms with E-state index in [9.17, 15) is 14.9 Å². The number of rotatable bonds is 6. The third kappa shape index (κ3) is 4.04. The lowest BCUT2D eigenvalue weighted by Gasteiger charge is -2.10. The number of nitrogens with zero attached hydrogens (tertiary/aromatic N) is 1. The molecule has 0 fully saturated rings. The molecule has 0 amide bonds. The molecule has 0 spiro atoms. The molecule has 6 nitrogen and oxygen atoms in total. The first-order chi connectivity index (χ1) is 10.1. The molecule has 0 heterocycles. The predicted octanol–water partition coefficient (Wildman–Crippen LogP) is 2.80. The van der Waals surface area contributed by atoms with Crippen LogP contribution in [0.15, 0.2) is 48.5 Å². The van der Waals surface area contributed by atoms with E-state index in [0.717, 1.165) is 5.56 Å². The highest BCUT2D eigenvalue weighted by Crippen LogP contribution is 2.25. The van der Waals surface area contributed by atoms with Gasteiger partial charge in [-0.3, -0.25) is 14.9 Å². The molecule has 0 saturated carbocycles. The van der Waals surface area contributed by atoms with E-state index in [2.05, 4.69) is 0 Å². The number of nitro benzene ring substituents is 1. The van der Waals surface area contributed by atoms with Crippen LogP contribution < -0.4 is 4.74 Å². The number of ether oxygens (including phenoxy) is 1. The van der Waals surface area contributed by atoms with Crippen molar-refractivity contribution in [2.75, 3.05) is 0 Å². The summed E-state index contributed by atoms with van der Waals surface area (Å²) in [7, 11) is 0. The lowest BCUT2D eigenvalue weighted by molar-refractivity contribution is -0.384. The minimum atomic E-state index is -1.07. The molecule has 2 aromatic rings. The van der Waals surface area contributed by atoms with Crippen molar-refractivity contribution >= 4 is 11.7 Å². The first-order valence-corrected chi connectivity index (χ1v) is 6.22. The molecule has 1 N–H and O–H groups in total. The highest BCUT2D eigenvalue weighted by molar-refractivity contribution is 5.71. The molecule has 0 aromatic heterocycles. The van der Waals surface area contributed by atoms with Crippen molar-refractivity contribution in [1.29, 1.82) is 0 Å². The Morgan fingerprint density at radius 3 is 2.52 bits per heavy atom. The van der Waals surface area contributed by atoms with Crippen LogP contribution in [0.3, 0.4) is 0 Å². The topological polar surface area (TPSA) is 89.7 Å². The second kappa shape index (κ2) is 6.51. The Morgan fingerprint density at radius 1 is 1.19 bits per heavy atom. The molecule has 2 rings (SSSR count). The molecule has 0 unspecified atom stereocenters. The number of hydrogen-bond donors (Lipinski definition) is 1. The average molecular weight is 287 g/mol. The fraction of sp³-hybridized carbons (Fsp3) is 0.133. The lowest BCUT2D eigenvalue weighted by atomic mass is 10.1. The first kappa shape index (κ1) is 14.5. The van der Waals surface area contributed by atoms with Crippen LogP contribution in [0.2, 0.25) is 0 Å². The Morgan fingerprint density at radius 2 is 1.90 bits per heavy atom. The minimum Gasteiger partial charge on any atom is -0.489 e. The second-order valence-electron chi connectivity index (χ2n) is 4.39. The Labute approximate surface area is 120 Å². The zero-order valence-electron chi connectivity index (χ0n) is 11.1. The molecule has 2 aromatic carbocycles. The Kier molecular flexibility index (Phi) is 4.50. The normalized spacial score (nSPS) is 10.1. The summed E-state index contributed by atoms with van der Waals surface area (Å²) in [6.07, 6.45) is -0.328. The molecule has 0 atom stereocenters. The number of nitro groups is 1. The van der Waals surface area contributed by atoms with Gasteiger partial charge in [-0.25, -0.2) is 0 Å². The van der Waals surface area contributed by atoms with Crippen LogP contribution in [0.1, 0.15) is 11.1 Å². The van der Waals surface area contributed by atoms with E-state index in [4.69, 9.17) is 9.84 Å². The summed E-state index contributed by atoms with van der Waals surface area (Å²) in [4.78, 5) is 21.0. The number of benzene rings is 2. The largest absolute Gasteiger partial charge is 0.489 e. The summed E-state index contributed by atoms with van der Waals surface area (Å²) in [5.41, 5.74) is 1.06. The molecule has 108 valence electrons. The van der Waals surface area contributed by atoms with Gasteiger partial charge in [-0.05, 0) is 11.6 Å². The Balaban J connectivity index is 2.21. The lowest BCUT2D eigenvalue weighted by Crippen LogP contribution is -2.05. The fourth-order valence-corrected chi connectivity index (χ4v) is 1.86. The predicted molar refractivity (Wildman–Crippen MR) is 75.2 cm³/mol. The van der Waals surface area contributed by atoms with Gasteiger partial charge in [0, 0.05) is 17.7 Å². The van der Waals surface area contributed by atoms with E-state index < -0.39 is 10.9 Å². The van der Waals surface area contributed by atoms with Crippen LogP contribution >= 0.6 is 0 Å². The van der Waals surface area contributed by atoms with E-state index in [1.165, 1.54) is 18.2 Å². The van der Waals surface area contributed by atoms with Crippen molar-refractivity contribution in [1.82, 2.24) is 0 Å². The zero-order valence-corrected chi connectivity index (χ0v) is 11.1. The number of carbonyl (C=O) groups is 1. The van der Waals surface area contributed by atoms with Gasteiger partial charge in [-0.15, -0.1) is 0 Å². The van der Waals surface area contributed by atoms with Crippen molar-refractivity contribution in [2.45, 2.75) is 13.0 Å². The van der Waals surface area contributed by atoms with Crippen molar-refractivity contribution in [3.8, 4) is 5.75 Å². The second-order valence-corrected chi connectivity index (χ2v) is 4.39. The van der Waals surface area contributed by atoms with Crippen LogP contribution in [0.5, 0.6) is 5.75 Å². The van der Waals surface area contributed by atoms with Crippen LogP contribution in [0, 0.1) is 10.1 Å². The van der Waals surface area contributed by atoms with E-state index in [0.29, 0.717) is 5.75 Å². The van der Waals surface area contributed by atoms with Gasteiger partial charge in [0.1, 0.15) is 12.4 Å². The maximum absolute atomic E-state index is 10.9. The first-order valence-electron chi connectivity index (χ1n) is 6.22. The molecule has 0 radical (unpaired) electrons. The Bertz CT molecular complexity index is 654. The van der Waals surface area contributed by atoms with E-state index in [1.54, 1.807) is 0 Å². The maximum Gasteiger partial charge on any atom is 0.307 e. The third-order valence-corrected chi connectivity index (χ3v) is 2.83. The monoisotopic (exact) mass is 287 g/mol. The molecule has 0 aliphatic heterocycles. The molecule has 0 bridgehead atoms. The summed E-state index contributed by atoms with van der Waals surface area (Å²) in [6.45, 7) is 0.269.